The smallest absolute Gasteiger partial charge is 0.258 e. The number of rotatable bonds is 6. The summed E-state index contributed by atoms with van der Waals surface area (Å²) in [5.74, 6) is -1.16. The van der Waals surface area contributed by atoms with Gasteiger partial charge in [-0.15, -0.1) is 0 Å². The molecule has 30 heavy (non-hydrogen) atoms. The molecule has 0 saturated carbocycles. The molecule has 0 atom stereocenters. The van der Waals surface area contributed by atoms with Gasteiger partial charge in [0.15, 0.2) is 5.75 Å². The van der Waals surface area contributed by atoms with Gasteiger partial charge in [0, 0.05) is 30.2 Å². The molecule has 0 radical (unpaired) electrons. The molecule has 2 N–H and O–H groups in total. The molecule has 7 nitrogen and oxygen atoms in total. The molecule has 1 amide bonds. The monoisotopic (exact) mass is 429 g/mol. The highest BCUT2D eigenvalue weighted by Crippen LogP contribution is 2.43. The molecule has 0 fully saturated rings. The van der Waals surface area contributed by atoms with Gasteiger partial charge < -0.3 is 10.0 Å². The number of phenolic OH excluding ortho intramolecular Hbond substituents is 1. The average molecular weight is 429 g/mol. The second-order valence-corrected chi connectivity index (χ2v) is 9.03. The number of nitrogens with zero attached hydrogens (tertiary/aromatic N) is 2. The Morgan fingerprint density at radius 1 is 1.23 bits per heavy atom. The van der Waals surface area contributed by atoms with Crippen molar-refractivity contribution < 1.29 is 22.7 Å². The summed E-state index contributed by atoms with van der Waals surface area (Å²) in [5, 5.41) is 11.2. The minimum Gasteiger partial charge on any atom is -0.505 e. The van der Waals surface area contributed by atoms with Crippen molar-refractivity contribution in [3.8, 4) is 5.75 Å². The molecule has 1 aliphatic heterocycles. The summed E-state index contributed by atoms with van der Waals surface area (Å²) in [6.45, 7) is 2.06. The van der Waals surface area contributed by atoms with Gasteiger partial charge in [-0.1, -0.05) is 19.1 Å². The van der Waals surface area contributed by atoms with E-state index in [1.54, 1.807) is 31.2 Å². The lowest BCUT2D eigenvalue weighted by atomic mass is 10.0. The van der Waals surface area contributed by atoms with E-state index in [0.29, 0.717) is 22.9 Å². The van der Waals surface area contributed by atoms with E-state index in [2.05, 4.69) is 9.71 Å². The molecule has 0 spiro atoms. The second kappa shape index (κ2) is 7.56. The Bertz CT molecular complexity index is 1240. The number of sulfonamides is 1. The third-order valence-corrected chi connectivity index (χ3v) is 6.47. The van der Waals surface area contributed by atoms with Crippen LogP contribution in [0.4, 0.5) is 10.1 Å². The minimum absolute atomic E-state index is 0.0394. The van der Waals surface area contributed by atoms with Crippen LogP contribution in [0.5, 0.6) is 5.75 Å². The highest BCUT2D eigenvalue weighted by Gasteiger charge is 2.35. The summed E-state index contributed by atoms with van der Waals surface area (Å²) in [4.78, 5) is 18.7. The van der Waals surface area contributed by atoms with Crippen LogP contribution in [0.2, 0.25) is 0 Å². The van der Waals surface area contributed by atoms with Gasteiger partial charge in [0.05, 0.1) is 17.0 Å². The first-order valence-electron chi connectivity index (χ1n) is 9.47. The summed E-state index contributed by atoms with van der Waals surface area (Å²) in [5.41, 5.74) is 1.57. The van der Waals surface area contributed by atoms with Gasteiger partial charge in [-0.05, 0) is 36.2 Å². The molecule has 0 unspecified atom stereocenters. The number of fused-ring (bicyclic) bond motifs is 2. The summed E-state index contributed by atoms with van der Waals surface area (Å²) < 4.78 is 40.8. The zero-order valence-corrected chi connectivity index (χ0v) is 17.0. The van der Waals surface area contributed by atoms with Crippen molar-refractivity contribution in [2.75, 3.05) is 10.5 Å². The van der Waals surface area contributed by atoms with Crippen molar-refractivity contribution in [2.24, 2.45) is 0 Å². The van der Waals surface area contributed by atoms with Crippen LogP contribution in [0, 0.1) is 5.82 Å². The summed E-state index contributed by atoms with van der Waals surface area (Å²) >= 11 is 0. The Labute approximate surface area is 173 Å². The minimum atomic E-state index is -3.64. The molecule has 3 aromatic rings. The number of nitrogens with one attached hydrogen (secondary N) is 1. The van der Waals surface area contributed by atoms with Crippen molar-refractivity contribution in [1.29, 1.82) is 0 Å². The first-order valence-corrected chi connectivity index (χ1v) is 11.1. The van der Waals surface area contributed by atoms with Gasteiger partial charge in [0.1, 0.15) is 11.3 Å². The fourth-order valence-electron chi connectivity index (χ4n) is 3.68. The Morgan fingerprint density at radius 3 is 2.67 bits per heavy atom. The van der Waals surface area contributed by atoms with Crippen LogP contribution >= 0.6 is 0 Å². The van der Waals surface area contributed by atoms with Gasteiger partial charge in [-0.25, -0.2) is 12.8 Å². The maximum Gasteiger partial charge on any atom is 0.258 e. The molecule has 9 heteroatoms. The Kier molecular flexibility index (Phi) is 5.07. The Balaban J connectivity index is 1.82. The highest BCUT2D eigenvalue weighted by molar-refractivity contribution is 7.92. The van der Waals surface area contributed by atoms with Gasteiger partial charge in [-0.3, -0.25) is 14.5 Å². The lowest BCUT2D eigenvalue weighted by Crippen LogP contribution is -2.23. The van der Waals surface area contributed by atoms with E-state index >= 15 is 0 Å². The number of halogens is 1. The number of hydrogen-bond donors (Lipinski definition) is 2. The molecule has 0 bridgehead atoms. The van der Waals surface area contributed by atoms with Crippen molar-refractivity contribution >= 4 is 32.5 Å². The average Bonchev–Trinajstić information content (AvgIpc) is 3.03. The van der Waals surface area contributed by atoms with Crippen molar-refractivity contribution in [2.45, 2.75) is 26.4 Å². The third-order valence-electron chi connectivity index (χ3n) is 5.01. The van der Waals surface area contributed by atoms with Gasteiger partial charge >= 0.3 is 0 Å². The van der Waals surface area contributed by atoms with Crippen molar-refractivity contribution in [3.05, 3.63) is 65.1 Å². The molecule has 4 rings (SSSR count). The second-order valence-electron chi connectivity index (χ2n) is 7.19. The van der Waals surface area contributed by atoms with Crippen LogP contribution in [-0.2, 0) is 23.1 Å². The number of aromatic nitrogens is 1. The molecule has 0 aliphatic carbocycles. The van der Waals surface area contributed by atoms with Crippen LogP contribution in [0.3, 0.4) is 0 Å². The van der Waals surface area contributed by atoms with E-state index in [-0.39, 0.29) is 47.2 Å². The number of amides is 1. The van der Waals surface area contributed by atoms with Gasteiger partial charge in [0.25, 0.3) is 5.91 Å². The molecule has 1 aromatic heterocycles. The lowest BCUT2D eigenvalue weighted by molar-refractivity contribution is 0.0764. The molecule has 156 valence electrons. The number of hydrogen-bond acceptors (Lipinski definition) is 5. The molecular formula is C21H20FN3O4S. The molecule has 2 heterocycles. The Hall–Kier alpha value is -3.20. The van der Waals surface area contributed by atoms with E-state index in [4.69, 9.17) is 0 Å². The first kappa shape index (κ1) is 20.1. The standard InChI is InChI=1S/C21H20FN3O4S/c1-2-10-30(28,29)24-18-15-4-3-9-23-19(15)20(26)17-16(18)12-25(21(17)27)11-13-5-7-14(22)8-6-13/h3-9,24,26H,2,10-12H2,1H3. The normalized spacial score (nSPS) is 13.7. The maximum atomic E-state index is 13.2. The van der Waals surface area contributed by atoms with Crippen LogP contribution in [0.25, 0.3) is 10.9 Å². The fraction of sp³-hybridized carbons (Fsp3) is 0.238. The van der Waals surface area contributed by atoms with Crippen LogP contribution < -0.4 is 4.72 Å². The largest absolute Gasteiger partial charge is 0.505 e. The molecule has 1 aliphatic rings. The van der Waals surface area contributed by atoms with Crippen LogP contribution in [0.15, 0.2) is 42.6 Å². The fourth-order valence-corrected chi connectivity index (χ4v) is 4.87. The van der Waals surface area contributed by atoms with E-state index in [9.17, 15) is 22.7 Å². The topological polar surface area (TPSA) is 99.6 Å². The summed E-state index contributed by atoms with van der Waals surface area (Å²) in [6, 6.07) is 9.06. The predicted molar refractivity (Wildman–Crippen MR) is 111 cm³/mol. The van der Waals surface area contributed by atoms with Crippen LogP contribution in [0.1, 0.15) is 34.8 Å². The number of pyridine rings is 1. The maximum absolute atomic E-state index is 13.2. The number of carbonyl (C=O) groups is 1. The Morgan fingerprint density at radius 2 is 1.97 bits per heavy atom. The van der Waals surface area contributed by atoms with Gasteiger partial charge in [0.2, 0.25) is 10.0 Å². The highest BCUT2D eigenvalue weighted by atomic mass is 32.2. The molecular weight excluding hydrogens is 409 g/mol. The number of benzene rings is 2. The van der Waals surface area contributed by atoms with Crippen LogP contribution in [-0.4, -0.2) is 35.1 Å². The third kappa shape index (κ3) is 3.56. The quantitative estimate of drug-likeness (QED) is 0.585. The summed E-state index contributed by atoms with van der Waals surface area (Å²) in [6.07, 6.45) is 1.90. The van der Waals surface area contributed by atoms with E-state index < -0.39 is 15.9 Å². The SMILES string of the molecule is CCCS(=O)(=O)Nc1c2c(c(O)c3ncccc13)C(=O)N(Cc1ccc(F)cc1)C2. The number of anilines is 1. The number of carbonyl (C=O) groups excluding carboxylic acids is 1. The van der Waals surface area contributed by atoms with E-state index in [1.807, 2.05) is 0 Å². The zero-order chi connectivity index (χ0) is 21.5. The predicted octanol–water partition coefficient (Wildman–Crippen LogP) is 3.39. The number of phenols is 1. The molecule has 2 aromatic carbocycles. The van der Waals surface area contributed by atoms with Gasteiger partial charge in [-0.2, -0.15) is 0 Å². The van der Waals surface area contributed by atoms with Crippen molar-refractivity contribution in [1.82, 2.24) is 9.88 Å². The lowest BCUT2D eigenvalue weighted by Gasteiger charge is -2.16. The molecule has 0 saturated heterocycles. The number of aromatic hydroxyl groups is 1. The zero-order valence-electron chi connectivity index (χ0n) is 16.2. The summed E-state index contributed by atoms with van der Waals surface area (Å²) in [7, 11) is -3.64. The van der Waals surface area contributed by atoms with E-state index in [0.717, 1.165) is 0 Å². The van der Waals surface area contributed by atoms with E-state index in [1.165, 1.54) is 23.2 Å². The first-order chi connectivity index (χ1) is 14.3. The van der Waals surface area contributed by atoms with Crippen molar-refractivity contribution in [3.63, 3.8) is 0 Å².